The third-order valence-corrected chi connectivity index (χ3v) is 6.67. The Balaban J connectivity index is 1.63. The van der Waals surface area contributed by atoms with Crippen molar-refractivity contribution in [2.75, 3.05) is 21.3 Å². The maximum absolute atomic E-state index is 11.1. The molecule has 3 aromatic rings. The van der Waals surface area contributed by atoms with Crippen molar-refractivity contribution in [3.63, 3.8) is 0 Å². The van der Waals surface area contributed by atoms with E-state index >= 15 is 0 Å². The molecule has 3 aromatic carbocycles. The Hall–Kier alpha value is -3.78. The lowest BCUT2D eigenvalue weighted by Gasteiger charge is -2.35. The third kappa shape index (κ3) is 3.25. The molecule has 8 heteroatoms. The van der Waals surface area contributed by atoms with Crippen molar-refractivity contribution in [2.24, 2.45) is 0 Å². The van der Waals surface area contributed by atoms with Crippen LogP contribution in [0.5, 0.6) is 40.2 Å². The molecule has 0 radical (unpaired) electrons. The predicted molar refractivity (Wildman–Crippen MR) is 123 cm³/mol. The van der Waals surface area contributed by atoms with Gasteiger partial charge >= 0.3 is 0 Å². The zero-order valence-electron chi connectivity index (χ0n) is 19.1. The van der Waals surface area contributed by atoms with Gasteiger partial charge in [0.15, 0.2) is 17.6 Å². The van der Waals surface area contributed by atoms with Crippen LogP contribution in [0.4, 0.5) is 0 Å². The number of aryl methyl sites for hydroxylation is 1. The number of aliphatic hydroxyl groups is 1. The minimum absolute atomic E-state index is 0.0918. The molecule has 8 nitrogen and oxygen atoms in total. The Labute approximate surface area is 196 Å². The van der Waals surface area contributed by atoms with Crippen LogP contribution in [0.2, 0.25) is 0 Å². The van der Waals surface area contributed by atoms with Crippen molar-refractivity contribution in [1.29, 1.82) is 0 Å². The van der Waals surface area contributed by atoms with Gasteiger partial charge in [0.1, 0.15) is 17.2 Å². The van der Waals surface area contributed by atoms with Gasteiger partial charge in [0, 0.05) is 29.2 Å². The van der Waals surface area contributed by atoms with Gasteiger partial charge in [-0.15, -0.1) is 0 Å². The second kappa shape index (κ2) is 8.22. The molecule has 0 saturated carbocycles. The molecule has 5 rings (SSSR count). The van der Waals surface area contributed by atoms with Crippen molar-refractivity contribution in [1.82, 2.24) is 0 Å². The van der Waals surface area contributed by atoms with Crippen molar-refractivity contribution in [3.8, 4) is 51.4 Å². The summed E-state index contributed by atoms with van der Waals surface area (Å²) in [6.07, 6.45) is -0.158. The first-order valence-corrected chi connectivity index (χ1v) is 10.9. The predicted octanol–water partition coefficient (Wildman–Crippen LogP) is 3.63. The van der Waals surface area contributed by atoms with Crippen LogP contribution in [-0.4, -0.2) is 47.9 Å². The fraction of sp³-hybridized carbons (Fsp3) is 0.308. The quantitative estimate of drug-likeness (QED) is 0.461. The highest BCUT2D eigenvalue weighted by molar-refractivity contribution is 5.82. The number of rotatable bonds is 4. The van der Waals surface area contributed by atoms with Crippen molar-refractivity contribution in [2.45, 2.75) is 31.5 Å². The molecule has 0 aromatic heterocycles. The zero-order valence-corrected chi connectivity index (χ0v) is 19.1. The molecule has 2 aliphatic rings. The first-order valence-electron chi connectivity index (χ1n) is 10.9. The molecule has 4 N–H and O–H groups in total. The second-order valence-corrected chi connectivity index (χ2v) is 8.46. The molecule has 1 aliphatic heterocycles. The Morgan fingerprint density at radius 3 is 2.32 bits per heavy atom. The molecule has 2 atom stereocenters. The Kier molecular flexibility index (Phi) is 5.32. The van der Waals surface area contributed by atoms with Crippen LogP contribution >= 0.6 is 0 Å². The number of aliphatic hydroxyl groups excluding tert-OH is 1. The van der Waals surface area contributed by atoms with Crippen LogP contribution < -0.4 is 18.9 Å². The lowest BCUT2D eigenvalue weighted by Crippen LogP contribution is -2.31. The number of benzene rings is 3. The lowest BCUT2D eigenvalue weighted by atomic mass is 9.80. The highest BCUT2D eigenvalue weighted by Gasteiger charge is 2.37. The lowest BCUT2D eigenvalue weighted by molar-refractivity contribution is 0.0187. The van der Waals surface area contributed by atoms with Gasteiger partial charge in [-0.3, -0.25) is 0 Å². The molecule has 0 spiro atoms. The molecule has 0 bridgehead atoms. The SMILES string of the molecule is COc1cc([C@H]2Oc3cc(OC)c4c(c3C[C@H]2O)CCc2cc(O)ccc2-4)c(O)c(OC)c1O. The molecule has 34 heavy (non-hydrogen) atoms. The van der Waals surface area contributed by atoms with Gasteiger partial charge in [0.2, 0.25) is 11.5 Å². The minimum Gasteiger partial charge on any atom is -0.508 e. The number of hydrogen-bond donors (Lipinski definition) is 4. The average molecular weight is 466 g/mol. The number of aromatic hydroxyl groups is 3. The summed E-state index contributed by atoms with van der Waals surface area (Å²) in [6.45, 7) is 0. The highest BCUT2D eigenvalue weighted by Crippen LogP contribution is 2.52. The molecule has 178 valence electrons. The Morgan fingerprint density at radius 2 is 1.62 bits per heavy atom. The van der Waals surface area contributed by atoms with Crippen LogP contribution in [-0.2, 0) is 19.3 Å². The first-order chi connectivity index (χ1) is 16.4. The number of phenolic OH excluding ortho intramolecular Hbond substituents is 3. The standard InChI is InChI=1S/C26H26O8/c1-31-20-11-19-16(15-6-4-12-8-13(27)5-7-14(12)22(15)20)9-18(28)25(34-19)17-10-21(32-2)24(30)26(33-3)23(17)29/h5,7-8,10-11,18,25,27-30H,4,6,9H2,1-3H3/t18-,25-/m1/s1. The van der Waals surface area contributed by atoms with Crippen molar-refractivity contribution in [3.05, 3.63) is 52.6 Å². The van der Waals surface area contributed by atoms with E-state index in [1.165, 1.54) is 20.3 Å². The molecule has 0 amide bonds. The van der Waals surface area contributed by atoms with Gasteiger partial charge in [-0.1, -0.05) is 6.07 Å². The summed E-state index contributed by atoms with van der Waals surface area (Å²) < 4.78 is 22.3. The maximum atomic E-state index is 11.1. The summed E-state index contributed by atoms with van der Waals surface area (Å²) in [5, 5.41) is 42.0. The van der Waals surface area contributed by atoms with E-state index in [0.29, 0.717) is 24.3 Å². The van der Waals surface area contributed by atoms with Gasteiger partial charge in [-0.05, 0) is 47.7 Å². The number of hydrogen-bond acceptors (Lipinski definition) is 8. The molecule has 1 aliphatic carbocycles. The van der Waals surface area contributed by atoms with Gasteiger partial charge in [-0.2, -0.15) is 0 Å². The second-order valence-electron chi connectivity index (χ2n) is 8.46. The van der Waals surface area contributed by atoms with Gasteiger partial charge in [-0.25, -0.2) is 0 Å². The van der Waals surface area contributed by atoms with Crippen LogP contribution in [0.1, 0.15) is 28.4 Å². The normalized spacial score (nSPS) is 18.2. The summed E-state index contributed by atoms with van der Waals surface area (Å²) in [7, 11) is 4.30. The average Bonchev–Trinajstić information content (AvgIpc) is 2.83. The molecule has 0 fully saturated rings. The molecule has 0 unspecified atom stereocenters. The van der Waals surface area contributed by atoms with E-state index < -0.39 is 12.2 Å². The largest absolute Gasteiger partial charge is 0.508 e. The van der Waals surface area contributed by atoms with E-state index in [1.54, 1.807) is 25.3 Å². The monoisotopic (exact) mass is 466 g/mol. The smallest absolute Gasteiger partial charge is 0.207 e. The first kappa shape index (κ1) is 22.0. The zero-order chi connectivity index (χ0) is 24.1. The fourth-order valence-electron chi connectivity index (χ4n) is 5.08. The van der Waals surface area contributed by atoms with E-state index in [1.807, 2.05) is 6.07 Å². The van der Waals surface area contributed by atoms with E-state index in [9.17, 15) is 20.4 Å². The van der Waals surface area contributed by atoms with E-state index in [-0.39, 0.29) is 34.3 Å². The summed E-state index contributed by atoms with van der Waals surface area (Å²) in [5.41, 5.74) is 5.12. The summed E-state index contributed by atoms with van der Waals surface area (Å²) in [5.74, 6) is 0.678. The fourth-order valence-corrected chi connectivity index (χ4v) is 5.08. The molecule has 1 heterocycles. The summed E-state index contributed by atoms with van der Waals surface area (Å²) >= 11 is 0. The van der Waals surface area contributed by atoms with Crippen LogP contribution in [0, 0.1) is 0 Å². The molecule has 0 saturated heterocycles. The molecular weight excluding hydrogens is 440 g/mol. The summed E-state index contributed by atoms with van der Waals surface area (Å²) in [4.78, 5) is 0. The van der Waals surface area contributed by atoms with Crippen molar-refractivity contribution < 1.29 is 39.4 Å². The number of methoxy groups -OCH3 is 3. The number of phenols is 3. The Bertz CT molecular complexity index is 1280. The highest BCUT2D eigenvalue weighted by atomic mass is 16.5. The van der Waals surface area contributed by atoms with Gasteiger partial charge < -0.3 is 39.4 Å². The third-order valence-electron chi connectivity index (χ3n) is 6.67. The maximum Gasteiger partial charge on any atom is 0.207 e. The van der Waals surface area contributed by atoms with E-state index in [4.69, 9.17) is 18.9 Å². The number of ether oxygens (including phenoxy) is 4. The van der Waals surface area contributed by atoms with E-state index in [2.05, 4.69) is 0 Å². The van der Waals surface area contributed by atoms with Crippen LogP contribution in [0.25, 0.3) is 11.1 Å². The topological polar surface area (TPSA) is 118 Å². The van der Waals surface area contributed by atoms with E-state index in [0.717, 1.165) is 34.2 Å². The van der Waals surface area contributed by atoms with Crippen LogP contribution in [0.3, 0.4) is 0 Å². The van der Waals surface area contributed by atoms with Crippen LogP contribution in [0.15, 0.2) is 30.3 Å². The van der Waals surface area contributed by atoms with Gasteiger partial charge in [0.25, 0.3) is 0 Å². The van der Waals surface area contributed by atoms with Gasteiger partial charge in [0.05, 0.1) is 27.4 Å². The summed E-state index contributed by atoms with van der Waals surface area (Å²) in [6, 6.07) is 8.54. The molecular formula is C26H26O8. The van der Waals surface area contributed by atoms with Crippen molar-refractivity contribution >= 4 is 0 Å². The number of fused-ring (bicyclic) bond motifs is 5. The Morgan fingerprint density at radius 1 is 0.853 bits per heavy atom. The minimum atomic E-state index is -0.976.